The molecule has 0 saturated heterocycles. The second-order valence-corrected chi connectivity index (χ2v) is 4.58. The number of hydrogen-bond donors (Lipinski definition) is 2. The molecule has 14 heavy (non-hydrogen) atoms. The average Bonchev–Trinajstić information content (AvgIpc) is 2.67. The van der Waals surface area contributed by atoms with E-state index in [0.717, 1.165) is 32.0 Å². The minimum Gasteiger partial charge on any atom is -0.330 e. The predicted octanol–water partition coefficient (Wildman–Crippen LogP) is 2.21. The quantitative estimate of drug-likeness (QED) is 0.727. The summed E-state index contributed by atoms with van der Waals surface area (Å²) in [6.07, 6.45) is 2.37. The van der Waals surface area contributed by atoms with E-state index in [1.54, 1.807) is 11.3 Å². The topological polar surface area (TPSA) is 38.0 Å². The van der Waals surface area contributed by atoms with Gasteiger partial charge in [-0.05, 0) is 54.2 Å². The molecule has 3 heteroatoms. The van der Waals surface area contributed by atoms with Crippen molar-refractivity contribution in [2.75, 3.05) is 13.1 Å². The van der Waals surface area contributed by atoms with Crippen LogP contribution < -0.4 is 11.1 Å². The van der Waals surface area contributed by atoms with Gasteiger partial charge in [-0.25, -0.2) is 0 Å². The van der Waals surface area contributed by atoms with E-state index >= 15 is 0 Å². The third kappa shape index (κ3) is 4.74. The molecule has 1 heterocycles. The standard InChI is InChI=1S/C11H20N2S/c1-10(3-2-5-12)7-13-8-11-4-6-14-9-11/h4,6,9-10,13H,2-3,5,7-8,12H2,1H3. The number of nitrogens with one attached hydrogen (secondary N) is 1. The maximum absolute atomic E-state index is 5.46. The molecule has 0 aliphatic rings. The van der Waals surface area contributed by atoms with Gasteiger partial charge in [0, 0.05) is 6.54 Å². The van der Waals surface area contributed by atoms with Crippen LogP contribution in [0.3, 0.4) is 0 Å². The Morgan fingerprint density at radius 1 is 1.57 bits per heavy atom. The summed E-state index contributed by atoms with van der Waals surface area (Å²) in [6, 6.07) is 2.17. The first-order chi connectivity index (χ1) is 6.83. The van der Waals surface area contributed by atoms with E-state index in [-0.39, 0.29) is 0 Å². The molecule has 0 saturated carbocycles. The molecule has 1 rings (SSSR count). The monoisotopic (exact) mass is 212 g/mol. The number of rotatable bonds is 7. The largest absolute Gasteiger partial charge is 0.330 e. The predicted molar refractivity (Wildman–Crippen MR) is 63.5 cm³/mol. The molecule has 0 fully saturated rings. The van der Waals surface area contributed by atoms with Gasteiger partial charge >= 0.3 is 0 Å². The van der Waals surface area contributed by atoms with Gasteiger partial charge in [-0.15, -0.1) is 0 Å². The van der Waals surface area contributed by atoms with Gasteiger partial charge in [-0.1, -0.05) is 6.92 Å². The summed E-state index contributed by atoms with van der Waals surface area (Å²) in [7, 11) is 0. The van der Waals surface area contributed by atoms with Gasteiger partial charge < -0.3 is 11.1 Å². The van der Waals surface area contributed by atoms with E-state index in [9.17, 15) is 0 Å². The Labute approximate surface area is 90.5 Å². The molecule has 1 aromatic rings. The second-order valence-electron chi connectivity index (χ2n) is 3.80. The highest BCUT2D eigenvalue weighted by molar-refractivity contribution is 7.07. The molecule has 3 N–H and O–H groups in total. The van der Waals surface area contributed by atoms with Crippen molar-refractivity contribution >= 4 is 11.3 Å². The summed E-state index contributed by atoms with van der Waals surface area (Å²) < 4.78 is 0. The van der Waals surface area contributed by atoms with E-state index in [1.807, 2.05) is 0 Å². The molecule has 1 atom stereocenters. The Bertz CT molecular complexity index is 221. The summed E-state index contributed by atoms with van der Waals surface area (Å²) in [6.45, 7) is 5.18. The molecular formula is C11H20N2S. The minimum atomic E-state index is 0.734. The average molecular weight is 212 g/mol. The number of nitrogens with two attached hydrogens (primary N) is 1. The molecule has 0 aromatic carbocycles. The van der Waals surface area contributed by atoms with Crippen LogP contribution in [0.1, 0.15) is 25.3 Å². The molecule has 0 aliphatic carbocycles. The highest BCUT2D eigenvalue weighted by Crippen LogP contribution is 2.06. The second kappa shape index (κ2) is 6.98. The Kier molecular flexibility index (Phi) is 5.83. The van der Waals surface area contributed by atoms with Crippen LogP contribution in [0.4, 0.5) is 0 Å². The lowest BCUT2D eigenvalue weighted by Gasteiger charge is -2.11. The van der Waals surface area contributed by atoms with Crippen LogP contribution in [-0.2, 0) is 6.54 Å². The van der Waals surface area contributed by atoms with Gasteiger partial charge in [-0.2, -0.15) is 11.3 Å². The van der Waals surface area contributed by atoms with Crippen molar-refractivity contribution in [1.82, 2.24) is 5.32 Å². The van der Waals surface area contributed by atoms with Crippen LogP contribution in [0.15, 0.2) is 16.8 Å². The van der Waals surface area contributed by atoms with Gasteiger partial charge in [0.2, 0.25) is 0 Å². The molecule has 1 unspecified atom stereocenters. The van der Waals surface area contributed by atoms with Crippen LogP contribution in [0, 0.1) is 5.92 Å². The summed E-state index contributed by atoms with van der Waals surface area (Å²) in [5.74, 6) is 0.734. The van der Waals surface area contributed by atoms with Gasteiger partial charge in [0.1, 0.15) is 0 Å². The number of hydrogen-bond acceptors (Lipinski definition) is 3. The first kappa shape index (κ1) is 11.7. The lowest BCUT2D eigenvalue weighted by Crippen LogP contribution is -2.21. The Morgan fingerprint density at radius 3 is 3.07 bits per heavy atom. The van der Waals surface area contributed by atoms with E-state index in [2.05, 4.69) is 29.1 Å². The van der Waals surface area contributed by atoms with E-state index in [4.69, 9.17) is 5.73 Å². The van der Waals surface area contributed by atoms with E-state index < -0.39 is 0 Å². The number of thiophene rings is 1. The zero-order chi connectivity index (χ0) is 10.2. The zero-order valence-electron chi connectivity index (χ0n) is 8.83. The van der Waals surface area contributed by atoms with Gasteiger partial charge in [-0.3, -0.25) is 0 Å². The summed E-state index contributed by atoms with van der Waals surface area (Å²) in [4.78, 5) is 0. The summed E-state index contributed by atoms with van der Waals surface area (Å²) in [5, 5.41) is 7.77. The van der Waals surface area contributed by atoms with Crippen molar-refractivity contribution in [1.29, 1.82) is 0 Å². The third-order valence-electron chi connectivity index (χ3n) is 2.30. The highest BCUT2D eigenvalue weighted by Gasteiger charge is 2.00. The van der Waals surface area contributed by atoms with Gasteiger partial charge in [0.05, 0.1) is 0 Å². The van der Waals surface area contributed by atoms with Crippen LogP contribution >= 0.6 is 11.3 Å². The molecule has 0 radical (unpaired) electrons. The summed E-state index contributed by atoms with van der Waals surface area (Å²) in [5.41, 5.74) is 6.85. The van der Waals surface area contributed by atoms with Gasteiger partial charge in [0.25, 0.3) is 0 Å². The third-order valence-corrected chi connectivity index (χ3v) is 3.04. The minimum absolute atomic E-state index is 0.734. The fourth-order valence-electron chi connectivity index (χ4n) is 1.42. The Hall–Kier alpha value is -0.380. The highest BCUT2D eigenvalue weighted by atomic mass is 32.1. The van der Waals surface area contributed by atoms with E-state index in [0.29, 0.717) is 0 Å². The first-order valence-corrected chi connectivity index (χ1v) is 6.19. The van der Waals surface area contributed by atoms with Crippen LogP contribution in [0.5, 0.6) is 0 Å². The van der Waals surface area contributed by atoms with Crippen molar-refractivity contribution in [3.8, 4) is 0 Å². The van der Waals surface area contributed by atoms with Crippen LogP contribution in [0.2, 0.25) is 0 Å². The zero-order valence-corrected chi connectivity index (χ0v) is 9.65. The molecule has 80 valence electrons. The van der Waals surface area contributed by atoms with Crippen LogP contribution in [-0.4, -0.2) is 13.1 Å². The molecule has 0 spiro atoms. The fourth-order valence-corrected chi connectivity index (χ4v) is 2.09. The fraction of sp³-hybridized carbons (Fsp3) is 0.636. The maximum atomic E-state index is 5.46. The van der Waals surface area contributed by atoms with E-state index in [1.165, 1.54) is 12.0 Å². The summed E-state index contributed by atoms with van der Waals surface area (Å²) >= 11 is 1.76. The van der Waals surface area contributed by atoms with Crippen LogP contribution in [0.25, 0.3) is 0 Å². The van der Waals surface area contributed by atoms with Crippen molar-refractivity contribution in [2.45, 2.75) is 26.3 Å². The first-order valence-electron chi connectivity index (χ1n) is 5.24. The molecule has 1 aromatic heterocycles. The Morgan fingerprint density at radius 2 is 2.43 bits per heavy atom. The maximum Gasteiger partial charge on any atom is 0.0213 e. The molecule has 0 amide bonds. The molecule has 0 bridgehead atoms. The van der Waals surface area contributed by atoms with Crippen molar-refractivity contribution < 1.29 is 0 Å². The normalized spacial score (nSPS) is 13.0. The molecule has 2 nitrogen and oxygen atoms in total. The SMILES string of the molecule is CC(CCCN)CNCc1ccsc1. The lowest BCUT2D eigenvalue weighted by molar-refractivity contribution is 0.469. The molecular weight excluding hydrogens is 192 g/mol. The van der Waals surface area contributed by atoms with Crippen molar-refractivity contribution in [3.63, 3.8) is 0 Å². The molecule has 0 aliphatic heterocycles. The van der Waals surface area contributed by atoms with Crippen molar-refractivity contribution in [3.05, 3.63) is 22.4 Å². The van der Waals surface area contributed by atoms with Crippen molar-refractivity contribution in [2.24, 2.45) is 11.7 Å². The smallest absolute Gasteiger partial charge is 0.0213 e. The van der Waals surface area contributed by atoms with Gasteiger partial charge in [0.15, 0.2) is 0 Å². The Balaban J connectivity index is 2.03. The lowest BCUT2D eigenvalue weighted by atomic mass is 10.1.